The van der Waals surface area contributed by atoms with Gasteiger partial charge in [0.1, 0.15) is 0 Å². The zero-order valence-corrected chi connectivity index (χ0v) is 10.8. The molecule has 1 aromatic heterocycles. The molecule has 0 saturated carbocycles. The summed E-state index contributed by atoms with van der Waals surface area (Å²) >= 11 is 0. The molecule has 0 aromatic carbocycles. The van der Waals surface area contributed by atoms with Crippen molar-refractivity contribution < 1.29 is 14.0 Å². The van der Waals surface area contributed by atoms with E-state index >= 15 is 0 Å². The van der Waals surface area contributed by atoms with E-state index in [0.717, 1.165) is 19.0 Å². The number of aromatic nitrogens is 1. The lowest BCUT2D eigenvalue weighted by Crippen LogP contribution is -2.28. The van der Waals surface area contributed by atoms with Gasteiger partial charge < -0.3 is 5.32 Å². The zero-order chi connectivity index (χ0) is 13.5. The number of carbonyl (C=O) groups is 1. The molecule has 0 spiro atoms. The quantitative estimate of drug-likeness (QED) is 0.795. The van der Waals surface area contributed by atoms with E-state index < -0.39 is 11.8 Å². The Labute approximate surface area is 106 Å². The minimum atomic E-state index is -0.618. The first-order valence-electron chi connectivity index (χ1n) is 5.83. The van der Waals surface area contributed by atoms with Crippen LogP contribution in [0.5, 0.6) is 0 Å². The van der Waals surface area contributed by atoms with Gasteiger partial charge in [0, 0.05) is 6.20 Å². The second kappa shape index (κ2) is 6.90. The normalized spacial score (nSPS) is 12.0. The SMILES string of the molecule is CCCC(C)c1cncc(F)c1NC(=O)NOC. The van der Waals surface area contributed by atoms with Crippen molar-refractivity contribution in [3.05, 3.63) is 23.8 Å². The smallest absolute Gasteiger partial charge is 0.303 e. The largest absolute Gasteiger partial charge is 0.343 e. The number of hydrogen-bond acceptors (Lipinski definition) is 3. The molecule has 0 aliphatic carbocycles. The standard InChI is InChI=1S/C12H18FN3O2/c1-4-5-8(2)9-6-14-7-10(13)11(9)15-12(17)16-18-3/h6-8H,4-5H2,1-3H3,(H2,14,15,16,17). The summed E-state index contributed by atoms with van der Waals surface area (Å²) in [5.41, 5.74) is 2.92. The number of carbonyl (C=O) groups excluding carboxylic acids is 1. The van der Waals surface area contributed by atoms with Crippen LogP contribution in [0.15, 0.2) is 12.4 Å². The van der Waals surface area contributed by atoms with Crippen LogP contribution in [-0.4, -0.2) is 18.1 Å². The van der Waals surface area contributed by atoms with Gasteiger partial charge >= 0.3 is 6.03 Å². The van der Waals surface area contributed by atoms with E-state index in [4.69, 9.17) is 0 Å². The third kappa shape index (κ3) is 3.66. The summed E-state index contributed by atoms with van der Waals surface area (Å²) in [6, 6.07) is -0.618. The van der Waals surface area contributed by atoms with E-state index in [0.29, 0.717) is 5.56 Å². The molecule has 1 atom stereocenters. The summed E-state index contributed by atoms with van der Waals surface area (Å²) in [6.45, 7) is 4.02. The van der Waals surface area contributed by atoms with Crippen LogP contribution < -0.4 is 10.8 Å². The van der Waals surface area contributed by atoms with Crippen LogP contribution in [0.4, 0.5) is 14.9 Å². The summed E-state index contributed by atoms with van der Waals surface area (Å²) in [7, 11) is 1.31. The van der Waals surface area contributed by atoms with Crippen molar-refractivity contribution in [2.75, 3.05) is 12.4 Å². The molecule has 1 rings (SSSR count). The van der Waals surface area contributed by atoms with Crippen molar-refractivity contribution in [3.8, 4) is 0 Å². The van der Waals surface area contributed by atoms with Gasteiger partial charge in [-0.1, -0.05) is 20.3 Å². The van der Waals surface area contributed by atoms with Crippen LogP contribution in [-0.2, 0) is 4.84 Å². The van der Waals surface area contributed by atoms with E-state index in [9.17, 15) is 9.18 Å². The fraction of sp³-hybridized carbons (Fsp3) is 0.500. The van der Waals surface area contributed by atoms with Crippen molar-refractivity contribution >= 4 is 11.7 Å². The molecule has 0 fully saturated rings. The predicted molar refractivity (Wildman–Crippen MR) is 66.7 cm³/mol. The van der Waals surface area contributed by atoms with Crippen LogP contribution in [0.3, 0.4) is 0 Å². The van der Waals surface area contributed by atoms with Gasteiger partial charge in [0.2, 0.25) is 0 Å². The van der Waals surface area contributed by atoms with Crippen molar-refractivity contribution in [1.82, 2.24) is 10.5 Å². The summed E-state index contributed by atoms with van der Waals surface area (Å²) in [5, 5.41) is 2.43. The number of halogens is 1. The van der Waals surface area contributed by atoms with Gasteiger partial charge in [-0.05, 0) is 17.9 Å². The van der Waals surface area contributed by atoms with E-state index in [1.165, 1.54) is 7.11 Å². The summed E-state index contributed by atoms with van der Waals surface area (Å²) in [4.78, 5) is 19.7. The highest BCUT2D eigenvalue weighted by atomic mass is 19.1. The molecule has 0 radical (unpaired) electrons. The first-order chi connectivity index (χ1) is 8.60. The Morgan fingerprint density at radius 3 is 2.89 bits per heavy atom. The molecule has 0 aliphatic rings. The number of amides is 2. The highest BCUT2D eigenvalue weighted by Crippen LogP contribution is 2.29. The first kappa shape index (κ1) is 14.4. The molecule has 1 heterocycles. The number of hydroxylamine groups is 1. The molecular formula is C12H18FN3O2. The number of pyridine rings is 1. The first-order valence-corrected chi connectivity index (χ1v) is 5.83. The molecule has 1 unspecified atom stereocenters. The molecule has 5 nitrogen and oxygen atoms in total. The molecular weight excluding hydrogens is 237 g/mol. The highest BCUT2D eigenvalue weighted by molar-refractivity contribution is 5.89. The molecule has 1 aromatic rings. The van der Waals surface area contributed by atoms with E-state index in [1.807, 2.05) is 13.8 Å². The minimum absolute atomic E-state index is 0.121. The fourth-order valence-corrected chi connectivity index (χ4v) is 1.78. The second-order valence-electron chi connectivity index (χ2n) is 4.04. The van der Waals surface area contributed by atoms with Gasteiger partial charge in [-0.15, -0.1) is 0 Å². The number of anilines is 1. The number of urea groups is 1. The average Bonchev–Trinajstić information content (AvgIpc) is 2.32. The van der Waals surface area contributed by atoms with Crippen molar-refractivity contribution in [1.29, 1.82) is 0 Å². The van der Waals surface area contributed by atoms with Gasteiger partial charge in [-0.25, -0.2) is 14.7 Å². The Morgan fingerprint density at radius 1 is 1.56 bits per heavy atom. The molecule has 0 saturated heterocycles. The number of nitrogens with zero attached hydrogens (tertiary/aromatic N) is 1. The summed E-state index contributed by atoms with van der Waals surface area (Å²) in [5.74, 6) is -0.433. The predicted octanol–water partition coefficient (Wildman–Crippen LogP) is 2.81. The maximum absolute atomic E-state index is 13.7. The maximum atomic E-state index is 13.7. The molecule has 18 heavy (non-hydrogen) atoms. The molecule has 2 amide bonds. The minimum Gasteiger partial charge on any atom is -0.303 e. The Kier molecular flexibility index (Phi) is 5.51. The molecule has 2 N–H and O–H groups in total. The Balaban J connectivity index is 2.96. The summed E-state index contributed by atoms with van der Waals surface area (Å²) < 4.78 is 13.7. The van der Waals surface area contributed by atoms with Crippen LogP contribution >= 0.6 is 0 Å². The zero-order valence-electron chi connectivity index (χ0n) is 10.8. The van der Waals surface area contributed by atoms with Crippen molar-refractivity contribution in [2.24, 2.45) is 0 Å². The van der Waals surface area contributed by atoms with Crippen LogP contribution in [0.1, 0.15) is 38.2 Å². The third-order valence-corrected chi connectivity index (χ3v) is 2.61. The summed E-state index contributed by atoms with van der Waals surface area (Å²) in [6.07, 6.45) is 4.52. The van der Waals surface area contributed by atoms with Gasteiger partial charge in [0.05, 0.1) is 19.0 Å². The van der Waals surface area contributed by atoms with Crippen LogP contribution in [0.25, 0.3) is 0 Å². The van der Waals surface area contributed by atoms with Crippen molar-refractivity contribution in [3.63, 3.8) is 0 Å². The molecule has 0 bridgehead atoms. The molecule has 100 valence electrons. The van der Waals surface area contributed by atoms with E-state index in [-0.39, 0.29) is 11.6 Å². The average molecular weight is 255 g/mol. The van der Waals surface area contributed by atoms with E-state index in [2.05, 4.69) is 20.6 Å². The lowest BCUT2D eigenvalue weighted by Gasteiger charge is -2.16. The Morgan fingerprint density at radius 2 is 2.28 bits per heavy atom. The van der Waals surface area contributed by atoms with Gasteiger partial charge in [-0.2, -0.15) is 0 Å². The van der Waals surface area contributed by atoms with Gasteiger partial charge in [0.15, 0.2) is 5.82 Å². The number of nitrogens with one attached hydrogen (secondary N) is 2. The van der Waals surface area contributed by atoms with Gasteiger partial charge in [-0.3, -0.25) is 9.82 Å². The lowest BCUT2D eigenvalue weighted by molar-refractivity contribution is 0.114. The van der Waals surface area contributed by atoms with Gasteiger partial charge in [0.25, 0.3) is 0 Å². The number of hydrogen-bond donors (Lipinski definition) is 2. The van der Waals surface area contributed by atoms with E-state index in [1.54, 1.807) is 6.20 Å². The lowest BCUT2D eigenvalue weighted by atomic mass is 9.96. The topological polar surface area (TPSA) is 63.2 Å². The van der Waals surface area contributed by atoms with Crippen LogP contribution in [0.2, 0.25) is 0 Å². The highest BCUT2D eigenvalue weighted by Gasteiger charge is 2.16. The monoisotopic (exact) mass is 255 g/mol. The van der Waals surface area contributed by atoms with Crippen molar-refractivity contribution in [2.45, 2.75) is 32.6 Å². The maximum Gasteiger partial charge on any atom is 0.343 e. The molecule has 6 heteroatoms. The number of rotatable bonds is 5. The molecule has 0 aliphatic heterocycles. The Bertz CT molecular complexity index is 412. The Hall–Kier alpha value is -1.69. The third-order valence-electron chi connectivity index (χ3n) is 2.61. The fourth-order valence-electron chi connectivity index (χ4n) is 1.78. The second-order valence-corrected chi connectivity index (χ2v) is 4.04. The van der Waals surface area contributed by atoms with Crippen LogP contribution in [0, 0.1) is 5.82 Å².